The molecule has 2 heterocycles. The molecule has 4 rings (SSSR count). The number of para-hydroxylation sites is 2. The van der Waals surface area contributed by atoms with E-state index in [-0.39, 0.29) is 6.04 Å². The number of aromatic nitrogens is 1. The van der Waals surface area contributed by atoms with Crippen LogP contribution in [0.1, 0.15) is 11.6 Å². The van der Waals surface area contributed by atoms with Crippen LogP contribution in [-0.2, 0) is 0 Å². The molecule has 1 unspecified atom stereocenters. The molecule has 1 aliphatic rings. The van der Waals surface area contributed by atoms with E-state index in [9.17, 15) is 0 Å². The largest absolute Gasteiger partial charge is 0.491 e. The van der Waals surface area contributed by atoms with Gasteiger partial charge in [0.25, 0.3) is 0 Å². The predicted molar refractivity (Wildman–Crippen MR) is 84.5 cm³/mol. The van der Waals surface area contributed by atoms with Gasteiger partial charge >= 0.3 is 0 Å². The number of benzene rings is 2. The lowest BCUT2D eigenvalue weighted by atomic mass is 10.1. The fourth-order valence-corrected chi connectivity index (χ4v) is 2.77. The molecule has 1 aliphatic heterocycles. The van der Waals surface area contributed by atoms with Crippen LogP contribution in [0.2, 0.25) is 0 Å². The van der Waals surface area contributed by atoms with Crippen LogP contribution in [0.25, 0.3) is 10.9 Å². The van der Waals surface area contributed by atoms with Gasteiger partial charge in [-0.05, 0) is 12.1 Å². The maximum atomic E-state index is 6.12. The van der Waals surface area contributed by atoms with E-state index < -0.39 is 0 Å². The maximum absolute atomic E-state index is 6.12. The zero-order valence-corrected chi connectivity index (χ0v) is 11.4. The van der Waals surface area contributed by atoms with E-state index in [2.05, 4.69) is 16.4 Å². The Morgan fingerprint density at radius 2 is 1.90 bits per heavy atom. The second-order valence-electron chi connectivity index (χ2n) is 5.15. The van der Waals surface area contributed by atoms with Gasteiger partial charge in [-0.15, -0.1) is 0 Å². The number of ether oxygens (including phenoxy) is 1. The molecular weight excluding hydrogens is 262 g/mol. The monoisotopic (exact) mass is 277 g/mol. The first-order chi connectivity index (χ1) is 10.3. The third-order valence-corrected chi connectivity index (χ3v) is 3.82. The molecule has 4 heteroatoms. The molecule has 2 aromatic carbocycles. The van der Waals surface area contributed by atoms with Crippen LogP contribution in [0.15, 0.2) is 54.7 Å². The summed E-state index contributed by atoms with van der Waals surface area (Å²) in [6.45, 7) is 0.607. The summed E-state index contributed by atoms with van der Waals surface area (Å²) >= 11 is 0. The van der Waals surface area contributed by atoms with Crippen LogP contribution in [0.3, 0.4) is 0 Å². The van der Waals surface area contributed by atoms with E-state index in [4.69, 9.17) is 10.5 Å². The molecule has 0 saturated heterocycles. The highest BCUT2D eigenvalue weighted by Gasteiger charge is 2.24. The van der Waals surface area contributed by atoms with Gasteiger partial charge in [-0.25, -0.2) is 0 Å². The Kier molecular flexibility index (Phi) is 2.67. The average Bonchev–Trinajstić information content (AvgIpc) is 2.93. The number of nitrogens with one attached hydrogen (secondary N) is 1. The lowest BCUT2D eigenvalue weighted by Crippen LogP contribution is -2.13. The topological polar surface area (TPSA) is 60.2 Å². The van der Waals surface area contributed by atoms with Crippen LogP contribution in [0.4, 0.5) is 11.4 Å². The Hall–Kier alpha value is -2.75. The average molecular weight is 277 g/mol. The first kappa shape index (κ1) is 12.0. The molecule has 1 atom stereocenters. The van der Waals surface area contributed by atoms with Crippen LogP contribution in [0, 0.1) is 0 Å². The molecule has 3 aromatic rings. The summed E-state index contributed by atoms with van der Waals surface area (Å²) in [7, 11) is 0. The molecule has 3 N–H and O–H groups in total. The zero-order valence-electron chi connectivity index (χ0n) is 11.4. The van der Waals surface area contributed by atoms with Crippen molar-refractivity contribution in [2.24, 2.45) is 0 Å². The van der Waals surface area contributed by atoms with E-state index in [0.29, 0.717) is 12.3 Å². The summed E-state index contributed by atoms with van der Waals surface area (Å²) in [6, 6.07) is 16.2. The fraction of sp³-hybridized carbons (Fsp3) is 0.118. The Morgan fingerprint density at radius 1 is 1.10 bits per heavy atom. The minimum atomic E-state index is 0.106. The van der Waals surface area contributed by atoms with Crippen molar-refractivity contribution in [1.82, 2.24) is 4.98 Å². The minimum absolute atomic E-state index is 0.106. The normalized spacial score (nSPS) is 16.5. The predicted octanol–water partition coefficient (Wildman–Crippen LogP) is 3.36. The Balaban J connectivity index is 1.77. The molecule has 4 nitrogen and oxygen atoms in total. The van der Waals surface area contributed by atoms with Crippen molar-refractivity contribution < 1.29 is 4.74 Å². The molecule has 0 saturated carbocycles. The summed E-state index contributed by atoms with van der Waals surface area (Å²) in [4.78, 5) is 4.36. The lowest BCUT2D eigenvalue weighted by molar-refractivity contribution is 0.340. The second kappa shape index (κ2) is 4.66. The SMILES string of the molecule is Nc1cnc2ccccc2c1NC1COc2ccccc21. The smallest absolute Gasteiger partial charge is 0.124 e. The number of pyridine rings is 1. The quantitative estimate of drug-likeness (QED) is 0.754. The summed E-state index contributed by atoms with van der Waals surface area (Å²) < 4.78 is 5.72. The van der Waals surface area contributed by atoms with Gasteiger partial charge in [-0.2, -0.15) is 0 Å². The minimum Gasteiger partial charge on any atom is -0.491 e. The number of nitrogens with two attached hydrogens (primary N) is 1. The molecular formula is C17H15N3O. The van der Waals surface area contributed by atoms with Gasteiger partial charge in [0.1, 0.15) is 12.4 Å². The molecule has 0 fully saturated rings. The van der Waals surface area contributed by atoms with Gasteiger partial charge < -0.3 is 15.8 Å². The first-order valence-electron chi connectivity index (χ1n) is 6.94. The lowest BCUT2D eigenvalue weighted by Gasteiger charge is -2.17. The molecule has 0 aliphatic carbocycles. The van der Waals surface area contributed by atoms with Crippen molar-refractivity contribution in [1.29, 1.82) is 0 Å². The van der Waals surface area contributed by atoms with Crippen molar-refractivity contribution in [2.75, 3.05) is 17.7 Å². The second-order valence-corrected chi connectivity index (χ2v) is 5.15. The molecule has 0 bridgehead atoms. The number of nitrogen functional groups attached to an aromatic ring is 1. The van der Waals surface area contributed by atoms with E-state index in [0.717, 1.165) is 27.9 Å². The Labute approximate surface area is 122 Å². The molecule has 0 amide bonds. The maximum Gasteiger partial charge on any atom is 0.124 e. The zero-order chi connectivity index (χ0) is 14.2. The molecule has 104 valence electrons. The van der Waals surface area contributed by atoms with E-state index >= 15 is 0 Å². The van der Waals surface area contributed by atoms with Gasteiger partial charge in [-0.1, -0.05) is 36.4 Å². The summed E-state index contributed by atoms with van der Waals surface area (Å²) in [5.74, 6) is 0.937. The fourth-order valence-electron chi connectivity index (χ4n) is 2.77. The number of fused-ring (bicyclic) bond motifs is 2. The Morgan fingerprint density at radius 3 is 2.86 bits per heavy atom. The molecule has 0 radical (unpaired) electrons. The summed E-state index contributed by atoms with van der Waals surface area (Å²) in [6.07, 6.45) is 1.70. The van der Waals surface area contributed by atoms with Crippen molar-refractivity contribution in [2.45, 2.75) is 6.04 Å². The van der Waals surface area contributed by atoms with Gasteiger partial charge in [-0.3, -0.25) is 4.98 Å². The van der Waals surface area contributed by atoms with Gasteiger partial charge in [0.15, 0.2) is 0 Å². The number of hydrogen-bond acceptors (Lipinski definition) is 4. The van der Waals surface area contributed by atoms with E-state index in [1.54, 1.807) is 6.20 Å². The van der Waals surface area contributed by atoms with Crippen LogP contribution in [0.5, 0.6) is 5.75 Å². The summed E-state index contributed by atoms with van der Waals surface area (Å²) in [5, 5.41) is 4.55. The van der Waals surface area contributed by atoms with Crippen molar-refractivity contribution in [3.8, 4) is 5.75 Å². The molecule has 1 aromatic heterocycles. The number of hydrogen-bond donors (Lipinski definition) is 2. The molecule has 21 heavy (non-hydrogen) atoms. The van der Waals surface area contributed by atoms with Crippen LogP contribution >= 0.6 is 0 Å². The third-order valence-electron chi connectivity index (χ3n) is 3.82. The van der Waals surface area contributed by atoms with E-state index in [1.165, 1.54) is 0 Å². The standard InChI is InChI=1S/C17H15N3O/c18-13-9-19-14-7-3-1-6-12(14)17(13)20-15-10-21-16-8-4-2-5-11(15)16/h1-9,15H,10,18H2,(H,19,20). The van der Waals surface area contributed by atoms with Crippen LogP contribution in [-0.4, -0.2) is 11.6 Å². The number of anilines is 2. The van der Waals surface area contributed by atoms with Crippen molar-refractivity contribution >= 4 is 22.3 Å². The molecule has 0 spiro atoms. The number of rotatable bonds is 2. The van der Waals surface area contributed by atoms with Gasteiger partial charge in [0.05, 0.1) is 29.1 Å². The third kappa shape index (κ3) is 1.96. The summed E-state index contributed by atoms with van der Waals surface area (Å²) in [5.41, 5.74) is 9.79. The highest BCUT2D eigenvalue weighted by Crippen LogP contribution is 2.37. The number of nitrogens with zero attached hydrogens (tertiary/aromatic N) is 1. The Bertz CT molecular complexity index is 816. The highest BCUT2D eigenvalue weighted by atomic mass is 16.5. The van der Waals surface area contributed by atoms with Crippen LogP contribution < -0.4 is 15.8 Å². The van der Waals surface area contributed by atoms with Gasteiger partial charge in [0, 0.05) is 10.9 Å². The first-order valence-corrected chi connectivity index (χ1v) is 6.94. The van der Waals surface area contributed by atoms with Gasteiger partial charge in [0.2, 0.25) is 0 Å². The van der Waals surface area contributed by atoms with Crippen molar-refractivity contribution in [3.63, 3.8) is 0 Å². The van der Waals surface area contributed by atoms with Crippen molar-refractivity contribution in [3.05, 3.63) is 60.3 Å². The highest BCUT2D eigenvalue weighted by molar-refractivity contribution is 5.97. The van der Waals surface area contributed by atoms with E-state index in [1.807, 2.05) is 42.5 Å².